The van der Waals surface area contributed by atoms with Gasteiger partial charge in [-0.2, -0.15) is 5.10 Å². The van der Waals surface area contributed by atoms with Gasteiger partial charge in [0.25, 0.3) is 0 Å². The van der Waals surface area contributed by atoms with Gasteiger partial charge in [-0.25, -0.2) is 0 Å². The van der Waals surface area contributed by atoms with Crippen LogP contribution in [0.3, 0.4) is 0 Å². The highest BCUT2D eigenvalue weighted by molar-refractivity contribution is 6.14. The number of ether oxygens (including phenoxy) is 1. The molecule has 0 N–H and O–H groups in total. The molecule has 6 heteroatoms. The maximum atomic E-state index is 12.2. The zero-order valence-corrected chi connectivity index (χ0v) is 26.8. The summed E-state index contributed by atoms with van der Waals surface area (Å²) in [4.78, 5) is 19.4. The molecule has 0 aliphatic carbocycles. The van der Waals surface area contributed by atoms with Crippen molar-refractivity contribution in [3.63, 3.8) is 0 Å². The molecule has 2 aliphatic rings. The molecular formula is C35H52N4O2. The van der Waals surface area contributed by atoms with Crippen molar-refractivity contribution in [2.24, 2.45) is 23.9 Å². The first-order valence-corrected chi connectivity index (χ1v) is 15.0. The number of carbonyl (C=O) groups excluding carboxylic acids is 1. The summed E-state index contributed by atoms with van der Waals surface area (Å²) in [6, 6.07) is 6.63. The van der Waals surface area contributed by atoms with Gasteiger partial charge in [-0.1, -0.05) is 37.6 Å². The summed E-state index contributed by atoms with van der Waals surface area (Å²) in [6.07, 6.45) is 13.7. The molecule has 0 radical (unpaired) electrons. The Morgan fingerprint density at radius 3 is 2.44 bits per heavy atom. The Hall–Kier alpha value is -3.17. The standard InChI is InChI=1S/C27H40N2O2.C5H8N2.C3H4/c1-19(2)9-10-24-20(3)7-6-8-25(24)27(28-17-23-12-15-31-16-13-23)26-18-29(22(5)30)14-11-21(26)4;1-5-3-6-7(2)4-5;1-3-2/h6-8,19,23H,9-18H2,1-5H3;3-4H,1-2H3;1H,2H3. The lowest BCUT2D eigenvalue weighted by Gasteiger charge is -2.31. The van der Waals surface area contributed by atoms with Gasteiger partial charge in [0.2, 0.25) is 5.91 Å². The van der Waals surface area contributed by atoms with Crippen molar-refractivity contribution in [3.8, 4) is 12.3 Å². The van der Waals surface area contributed by atoms with Gasteiger partial charge < -0.3 is 9.64 Å². The van der Waals surface area contributed by atoms with Crippen molar-refractivity contribution in [1.29, 1.82) is 0 Å². The van der Waals surface area contributed by atoms with Crippen molar-refractivity contribution in [2.45, 2.75) is 80.6 Å². The van der Waals surface area contributed by atoms with Gasteiger partial charge in [-0.3, -0.25) is 14.5 Å². The Morgan fingerprint density at radius 1 is 1.22 bits per heavy atom. The van der Waals surface area contributed by atoms with Crippen molar-refractivity contribution in [3.05, 3.63) is 64.0 Å². The molecule has 41 heavy (non-hydrogen) atoms. The highest BCUT2D eigenvalue weighted by Gasteiger charge is 2.25. The monoisotopic (exact) mass is 560 g/mol. The Balaban J connectivity index is 0.000000498. The average molecular weight is 561 g/mol. The lowest BCUT2D eigenvalue weighted by atomic mass is 9.87. The van der Waals surface area contributed by atoms with E-state index < -0.39 is 0 Å². The number of terminal acetylenes is 1. The average Bonchev–Trinajstić information content (AvgIpc) is 3.32. The Bertz CT molecular complexity index is 1190. The number of benzene rings is 1. The number of aryl methyl sites for hydroxylation is 3. The fraction of sp³-hybridized carbons (Fsp3) is 0.571. The molecule has 224 valence electrons. The molecule has 1 aromatic carbocycles. The number of hydrogen-bond acceptors (Lipinski definition) is 4. The minimum absolute atomic E-state index is 0.151. The van der Waals surface area contributed by atoms with Crippen LogP contribution in [0.15, 0.2) is 46.7 Å². The molecule has 2 aromatic rings. The van der Waals surface area contributed by atoms with Crippen LogP contribution in [0.1, 0.15) is 82.6 Å². The number of carbonyl (C=O) groups is 1. The molecule has 3 heterocycles. The second kappa shape index (κ2) is 17.6. The van der Waals surface area contributed by atoms with E-state index in [1.54, 1.807) is 18.5 Å². The number of amides is 1. The molecule has 0 atom stereocenters. The van der Waals surface area contributed by atoms with Crippen LogP contribution in [-0.4, -0.2) is 59.1 Å². The molecule has 1 fully saturated rings. The molecule has 0 spiro atoms. The topological polar surface area (TPSA) is 59.7 Å². The van der Waals surface area contributed by atoms with E-state index in [0.717, 1.165) is 57.7 Å². The summed E-state index contributed by atoms with van der Waals surface area (Å²) in [6.45, 7) is 18.4. The van der Waals surface area contributed by atoms with Crippen molar-refractivity contribution in [1.82, 2.24) is 14.7 Å². The van der Waals surface area contributed by atoms with Crippen LogP contribution >= 0.6 is 0 Å². The Kier molecular flexibility index (Phi) is 14.6. The van der Waals surface area contributed by atoms with Crippen LogP contribution in [0.2, 0.25) is 0 Å². The van der Waals surface area contributed by atoms with Crippen LogP contribution in [0, 0.1) is 38.0 Å². The fourth-order valence-corrected chi connectivity index (χ4v) is 5.13. The zero-order valence-electron chi connectivity index (χ0n) is 26.8. The largest absolute Gasteiger partial charge is 0.381 e. The summed E-state index contributed by atoms with van der Waals surface area (Å²) in [7, 11) is 1.91. The van der Waals surface area contributed by atoms with Crippen LogP contribution in [0.4, 0.5) is 0 Å². The smallest absolute Gasteiger partial charge is 0.219 e. The van der Waals surface area contributed by atoms with Crippen molar-refractivity contribution in [2.75, 3.05) is 32.8 Å². The first kappa shape index (κ1) is 34.0. The van der Waals surface area contributed by atoms with Gasteiger partial charge in [-0.15, -0.1) is 12.3 Å². The summed E-state index contributed by atoms with van der Waals surface area (Å²) >= 11 is 0. The van der Waals surface area contributed by atoms with Gasteiger partial charge in [-0.05, 0) is 93.9 Å². The van der Waals surface area contributed by atoms with E-state index in [1.165, 1.54) is 39.8 Å². The second-order valence-electron chi connectivity index (χ2n) is 11.7. The lowest BCUT2D eigenvalue weighted by Crippen LogP contribution is -2.37. The summed E-state index contributed by atoms with van der Waals surface area (Å²) in [5.74, 6) is 3.65. The summed E-state index contributed by atoms with van der Waals surface area (Å²) in [5, 5.41) is 3.93. The molecule has 2 aliphatic heterocycles. The predicted molar refractivity (Wildman–Crippen MR) is 171 cm³/mol. The highest BCUT2D eigenvalue weighted by atomic mass is 16.5. The molecule has 0 unspecified atom stereocenters. The van der Waals surface area contributed by atoms with E-state index in [2.05, 4.69) is 63.3 Å². The van der Waals surface area contributed by atoms with Crippen LogP contribution in [-0.2, 0) is 23.0 Å². The van der Waals surface area contributed by atoms with Crippen LogP contribution in [0.5, 0.6) is 0 Å². The van der Waals surface area contributed by atoms with Crippen LogP contribution in [0.25, 0.3) is 0 Å². The van der Waals surface area contributed by atoms with Gasteiger partial charge >= 0.3 is 0 Å². The molecule has 1 aromatic heterocycles. The minimum Gasteiger partial charge on any atom is -0.381 e. The third-order valence-corrected chi connectivity index (χ3v) is 7.67. The highest BCUT2D eigenvalue weighted by Crippen LogP contribution is 2.27. The van der Waals surface area contributed by atoms with E-state index in [9.17, 15) is 4.79 Å². The van der Waals surface area contributed by atoms with E-state index in [0.29, 0.717) is 18.4 Å². The third-order valence-electron chi connectivity index (χ3n) is 7.67. The fourth-order valence-electron chi connectivity index (χ4n) is 5.13. The molecular weight excluding hydrogens is 508 g/mol. The van der Waals surface area contributed by atoms with Gasteiger partial charge in [0.05, 0.1) is 11.9 Å². The molecule has 0 bridgehead atoms. The quantitative estimate of drug-likeness (QED) is 0.278. The second-order valence-corrected chi connectivity index (χ2v) is 11.7. The first-order chi connectivity index (χ1) is 19.6. The minimum atomic E-state index is 0.151. The van der Waals surface area contributed by atoms with Gasteiger partial charge in [0, 0.05) is 58.6 Å². The molecule has 6 nitrogen and oxygen atoms in total. The van der Waals surface area contributed by atoms with Crippen molar-refractivity contribution < 1.29 is 9.53 Å². The van der Waals surface area contributed by atoms with E-state index >= 15 is 0 Å². The Labute approximate surface area is 249 Å². The lowest BCUT2D eigenvalue weighted by molar-refractivity contribution is -0.128. The first-order valence-electron chi connectivity index (χ1n) is 15.0. The Morgan fingerprint density at radius 2 is 1.90 bits per heavy atom. The molecule has 1 saturated heterocycles. The zero-order chi connectivity index (χ0) is 30.4. The van der Waals surface area contributed by atoms with Crippen molar-refractivity contribution >= 4 is 11.6 Å². The van der Waals surface area contributed by atoms with E-state index in [-0.39, 0.29) is 5.91 Å². The normalized spacial score (nSPS) is 16.0. The number of aromatic nitrogens is 2. The maximum Gasteiger partial charge on any atom is 0.219 e. The third kappa shape index (κ3) is 11.3. The van der Waals surface area contributed by atoms with Gasteiger partial charge in [0.1, 0.15) is 0 Å². The summed E-state index contributed by atoms with van der Waals surface area (Å²) in [5.41, 5.74) is 8.99. The molecule has 1 amide bonds. The van der Waals surface area contributed by atoms with Gasteiger partial charge in [0.15, 0.2) is 0 Å². The SMILES string of the molecule is C#CC.CC(=O)N1CCC(C)=C(C(=NCC2CCOCC2)c2cccc(C)c2CCC(C)C)C1.Cc1cnn(C)c1. The molecule has 4 rings (SSSR count). The number of hydrogen-bond donors (Lipinski definition) is 0. The number of aliphatic imine (C=N–C) groups is 1. The predicted octanol–water partition coefficient (Wildman–Crippen LogP) is 6.74. The molecule has 0 saturated carbocycles. The summed E-state index contributed by atoms with van der Waals surface area (Å²) < 4.78 is 7.34. The van der Waals surface area contributed by atoms with Crippen LogP contribution < -0.4 is 0 Å². The maximum absolute atomic E-state index is 12.2. The number of rotatable bonds is 7. The number of nitrogens with zero attached hydrogens (tertiary/aromatic N) is 4. The van der Waals surface area contributed by atoms with E-state index in [1.807, 2.05) is 31.3 Å². The van der Waals surface area contributed by atoms with E-state index in [4.69, 9.17) is 9.73 Å².